The van der Waals surface area contributed by atoms with Gasteiger partial charge in [0.2, 0.25) is 10.8 Å². The van der Waals surface area contributed by atoms with Crippen LogP contribution in [-0.4, -0.2) is 39.2 Å². The predicted octanol–water partition coefficient (Wildman–Crippen LogP) is 2.61. The van der Waals surface area contributed by atoms with Crippen LogP contribution in [0.4, 0.5) is 0 Å². The number of rotatable bonds is 4. The molecule has 0 aliphatic heterocycles. The summed E-state index contributed by atoms with van der Waals surface area (Å²) in [5.74, 6) is 1.26. The van der Waals surface area contributed by atoms with Crippen molar-refractivity contribution in [2.75, 3.05) is 0 Å². The highest BCUT2D eigenvalue weighted by Gasteiger charge is 2.20. The molecule has 4 rings (SSSR count). The van der Waals surface area contributed by atoms with Crippen LogP contribution in [-0.2, 0) is 13.5 Å². The number of hydrogen-bond donors (Lipinski definition) is 0. The van der Waals surface area contributed by atoms with E-state index in [0.29, 0.717) is 11.7 Å². The van der Waals surface area contributed by atoms with Crippen molar-refractivity contribution in [3.63, 3.8) is 0 Å². The Morgan fingerprint density at radius 1 is 1.17 bits per heavy atom. The minimum absolute atomic E-state index is 0.554. The van der Waals surface area contributed by atoms with Gasteiger partial charge in [0.1, 0.15) is 10.6 Å². The Morgan fingerprint density at radius 2 is 2.00 bits per heavy atom. The second-order valence-electron chi connectivity index (χ2n) is 6.06. The summed E-state index contributed by atoms with van der Waals surface area (Å²) in [5.41, 5.74) is 2.85. The van der Waals surface area contributed by atoms with E-state index in [-0.39, 0.29) is 0 Å². The van der Waals surface area contributed by atoms with Crippen molar-refractivity contribution >= 4 is 27.8 Å². The van der Waals surface area contributed by atoms with Crippen molar-refractivity contribution in [2.24, 2.45) is 13.0 Å². The average Bonchev–Trinajstić information content (AvgIpc) is 3.22. The minimum Gasteiger partial charge on any atom is -0.264 e. The SMILES string of the molecule is Cc1nnsc1-c1nn2c(-c3cc(CC(C)C)nn3C)nnc2s1. The van der Waals surface area contributed by atoms with Gasteiger partial charge >= 0.3 is 0 Å². The molecule has 0 saturated carbocycles. The number of fused-ring (bicyclic) bond motifs is 1. The second-order valence-corrected chi connectivity index (χ2v) is 7.77. The zero-order chi connectivity index (χ0) is 16.8. The Hall–Kier alpha value is -2.20. The molecule has 0 bridgehead atoms. The smallest absolute Gasteiger partial charge is 0.235 e. The van der Waals surface area contributed by atoms with Crippen LogP contribution in [0.2, 0.25) is 0 Å². The molecule has 0 saturated heterocycles. The van der Waals surface area contributed by atoms with E-state index < -0.39 is 0 Å². The molecule has 0 aliphatic rings. The average molecular weight is 360 g/mol. The first kappa shape index (κ1) is 15.3. The fraction of sp³-hybridized carbons (Fsp3) is 0.429. The zero-order valence-electron chi connectivity index (χ0n) is 13.8. The standard InChI is InChI=1S/C14H16N8S2/c1-7(2)5-9-6-10(21(4)18-9)12-16-17-14-22(12)19-13(23-14)11-8(3)15-20-24-11/h6-7H,5H2,1-4H3. The molecular formula is C14H16N8S2. The summed E-state index contributed by atoms with van der Waals surface area (Å²) >= 11 is 2.83. The molecule has 4 heterocycles. The lowest BCUT2D eigenvalue weighted by Crippen LogP contribution is -1.99. The molecule has 4 aromatic rings. The van der Waals surface area contributed by atoms with E-state index in [9.17, 15) is 0 Å². The molecule has 0 amide bonds. The van der Waals surface area contributed by atoms with Gasteiger partial charge < -0.3 is 0 Å². The van der Waals surface area contributed by atoms with Gasteiger partial charge in [0.05, 0.1) is 11.4 Å². The number of hydrogen-bond acceptors (Lipinski definition) is 8. The number of aromatic nitrogens is 8. The molecule has 0 fully saturated rings. The normalized spacial score (nSPS) is 11.9. The molecule has 0 N–H and O–H groups in total. The lowest BCUT2D eigenvalue weighted by molar-refractivity contribution is 0.621. The molecule has 0 aliphatic carbocycles. The van der Waals surface area contributed by atoms with E-state index in [1.54, 1.807) is 4.52 Å². The second kappa shape index (κ2) is 5.71. The Labute approximate surface area is 146 Å². The van der Waals surface area contributed by atoms with E-state index >= 15 is 0 Å². The van der Waals surface area contributed by atoms with Crippen LogP contribution in [0, 0.1) is 12.8 Å². The highest BCUT2D eigenvalue weighted by Crippen LogP contribution is 2.31. The van der Waals surface area contributed by atoms with Gasteiger partial charge in [0.15, 0.2) is 5.01 Å². The van der Waals surface area contributed by atoms with Gasteiger partial charge in [-0.3, -0.25) is 4.68 Å². The Bertz CT molecular complexity index is 1010. The van der Waals surface area contributed by atoms with Gasteiger partial charge in [0, 0.05) is 7.05 Å². The van der Waals surface area contributed by atoms with Gasteiger partial charge in [-0.15, -0.1) is 15.3 Å². The lowest BCUT2D eigenvalue weighted by Gasteiger charge is -1.98. The molecule has 0 radical (unpaired) electrons. The first-order valence-corrected chi connectivity index (χ1v) is 9.16. The number of nitrogens with zero attached hydrogens (tertiary/aromatic N) is 8. The highest BCUT2D eigenvalue weighted by atomic mass is 32.1. The largest absolute Gasteiger partial charge is 0.264 e. The summed E-state index contributed by atoms with van der Waals surface area (Å²) in [6.45, 7) is 6.30. The quantitative estimate of drug-likeness (QED) is 0.556. The molecule has 0 atom stereocenters. The summed E-state index contributed by atoms with van der Waals surface area (Å²) in [5, 5.41) is 22.7. The van der Waals surface area contributed by atoms with Crippen LogP contribution in [0.3, 0.4) is 0 Å². The molecule has 0 aromatic carbocycles. The van der Waals surface area contributed by atoms with Gasteiger partial charge in [-0.1, -0.05) is 29.7 Å². The Kier molecular flexibility index (Phi) is 3.65. The van der Waals surface area contributed by atoms with Crippen LogP contribution in [0.15, 0.2) is 6.07 Å². The first-order valence-electron chi connectivity index (χ1n) is 7.57. The third-order valence-corrected chi connectivity index (χ3v) is 5.49. The van der Waals surface area contributed by atoms with Crippen molar-refractivity contribution in [1.29, 1.82) is 0 Å². The van der Waals surface area contributed by atoms with Crippen molar-refractivity contribution in [1.82, 2.24) is 39.2 Å². The van der Waals surface area contributed by atoms with Crippen molar-refractivity contribution < 1.29 is 0 Å². The fourth-order valence-corrected chi connectivity index (χ4v) is 4.15. The summed E-state index contributed by atoms with van der Waals surface area (Å²) in [6, 6.07) is 2.06. The van der Waals surface area contributed by atoms with E-state index in [0.717, 1.165) is 38.3 Å². The van der Waals surface area contributed by atoms with Crippen LogP contribution in [0.5, 0.6) is 0 Å². The molecule has 0 spiro atoms. The van der Waals surface area contributed by atoms with Gasteiger partial charge in [0.25, 0.3) is 0 Å². The van der Waals surface area contributed by atoms with Gasteiger partial charge in [-0.05, 0) is 36.9 Å². The molecule has 124 valence electrons. The Morgan fingerprint density at radius 3 is 2.71 bits per heavy atom. The summed E-state index contributed by atoms with van der Waals surface area (Å²) < 4.78 is 7.59. The molecule has 8 nitrogen and oxygen atoms in total. The van der Waals surface area contributed by atoms with E-state index in [1.165, 1.54) is 22.9 Å². The monoisotopic (exact) mass is 360 g/mol. The third-order valence-electron chi connectivity index (χ3n) is 3.61. The van der Waals surface area contributed by atoms with Crippen molar-refractivity contribution in [2.45, 2.75) is 27.2 Å². The van der Waals surface area contributed by atoms with Gasteiger partial charge in [-0.25, -0.2) is 0 Å². The van der Waals surface area contributed by atoms with Crippen LogP contribution >= 0.6 is 22.9 Å². The molecule has 4 aromatic heterocycles. The first-order chi connectivity index (χ1) is 11.5. The highest BCUT2D eigenvalue weighted by molar-refractivity contribution is 7.23. The van der Waals surface area contributed by atoms with Crippen molar-refractivity contribution in [3.8, 4) is 21.4 Å². The summed E-state index contributed by atoms with van der Waals surface area (Å²) in [4.78, 5) is 1.72. The topological polar surface area (TPSA) is 86.7 Å². The minimum atomic E-state index is 0.554. The zero-order valence-corrected chi connectivity index (χ0v) is 15.4. The fourth-order valence-electron chi connectivity index (χ4n) is 2.55. The molecule has 10 heteroatoms. The maximum atomic E-state index is 4.66. The maximum Gasteiger partial charge on any atom is 0.235 e. The lowest BCUT2D eigenvalue weighted by atomic mass is 10.1. The molecular weight excluding hydrogens is 344 g/mol. The molecule has 24 heavy (non-hydrogen) atoms. The van der Waals surface area contributed by atoms with Crippen LogP contribution in [0.25, 0.3) is 26.4 Å². The van der Waals surface area contributed by atoms with E-state index in [4.69, 9.17) is 0 Å². The maximum absolute atomic E-state index is 4.66. The molecule has 0 unspecified atom stereocenters. The summed E-state index contributed by atoms with van der Waals surface area (Å²) in [6.07, 6.45) is 0.934. The van der Waals surface area contributed by atoms with Gasteiger partial charge in [-0.2, -0.15) is 14.7 Å². The van der Waals surface area contributed by atoms with E-state index in [2.05, 4.69) is 49.9 Å². The summed E-state index contributed by atoms with van der Waals surface area (Å²) in [7, 11) is 1.92. The van der Waals surface area contributed by atoms with Crippen molar-refractivity contribution in [3.05, 3.63) is 17.5 Å². The van der Waals surface area contributed by atoms with E-state index in [1.807, 2.05) is 18.7 Å². The third kappa shape index (κ3) is 2.51. The van der Waals surface area contributed by atoms with Crippen LogP contribution in [0.1, 0.15) is 25.2 Å². The number of aryl methyl sites for hydroxylation is 2. The van der Waals surface area contributed by atoms with Crippen LogP contribution < -0.4 is 0 Å². The Balaban J connectivity index is 1.79. The predicted molar refractivity (Wildman–Crippen MR) is 93.0 cm³/mol.